The van der Waals surface area contributed by atoms with E-state index in [1.807, 2.05) is 0 Å². The van der Waals surface area contributed by atoms with Gasteiger partial charge in [-0.3, -0.25) is 4.79 Å². The van der Waals surface area contributed by atoms with Crippen LogP contribution in [0.15, 0.2) is 53.2 Å². The summed E-state index contributed by atoms with van der Waals surface area (Å²) in [6, 6.07) is 3.88. The van der Waals surface area contributed by atoms with E-state index >= 15 is 0 Å². The number of ether oxygens (including phenoxy) is 1. The van der Waals surface area contributed by atoms with E-state index in [0.717, 1.165) is 0 Å². The summed E-state index contributed by atoms with van der Waals surface area (Å²) in [5, 5.41) is 8.71. The number of aromatic nitrogens is 3. The zero-order valence-corrected chi connectivity index (χ0v) is 17.7. The second-order valence-corrected chi connectivity index (χ2v) is 7.60. The van der Waals surface area contributed by atoms with Crippen molar-refractivity contribution in [1.29, 1.82) is 0 Å². The number of amides is 1. The standard InChI is InChI=1S/C18H14BrClF2N6O2/c1-27-8-13(25-17(29)10-7-24-28-4-2-3-23-16(10)28)15(26-27)9-5-11(19)12(20)6-14(9)30-18(21)22/h2-8,15,18,26H,1H3,(H,25,29). The van der Waals surface area contributed by atoms with Gasteiger partial charge in [0.2, 0.25) is 0 Å². The van der Waals surface area contributed by atoms with Gasteiger partial charge in [-0.05, 0) is 28.1 Å². The molecule has 0 saturated heterocycles. The summed E-state index contributed by atoms with van der Waals surface area (Å²) in [6.45, 7) is -3.04. The molecule has 1 aliphatic heterocycles. The van der Waals surface area contributed by atoms with Crippen LogP contribution in [0.2, 0.25) is 5.02 Å². The first-order valence-corrected chi connectivity index (χ1v) is 9.74. The number of carbonyl (C=O) groups is 1. The number of alkyl halides is 2. The van der Waals surface area contributed by atoms with E-state index in [4.69, 9.17) is 11.6 Å². The van der Waals surface area contributed by atoms with Gasteiger partial charge in [0.25, 0.3) is 5.91 Å². The second-order valence-electron chi connectivity index (χ2n) is 6.34. The van der Waals surface area contributed by atoms with Gasteiger partial charge in [-0.15, -0.1) is 0 Å². The van der Waals surface area contributed by atoms with E-state index in [1.165, 1.54) is 16.8 Å². The second kappa shape index (κ2) is 8.17. The van der Waals surface area contributed by atoms with Crippen LogP contribution in [0, 0.1) is 0 Å². The summed E-state index contributed by atoms with van der Waals surface area (Å²) in [7, 11) is 1.71. The van der Waals surface area contributed by atoms with Crippen LogP contribution in [0.25, 0.3) is 5.65 Å². The average Bonchev–Trinajstić information content (AvgIpc) is 3.27. The first kappa shape index (κ1) is 20.5. The lowest BCUT2D eigenvalue weighted by Gasteiger charge is -2.21. The molecule has 0 aliphatic carbocycles. The molecular formula is C18H14BrClF2N6O2. The fourth-order valence-electron chi connectivity index (χ4n) is 3.09. The summed E-state index contributed by atoms with van der Waals surface area (Å²) in [6.07, 6.45) is 6.27. The van der Waals surface area contributed by atoms with E-state index in [-0.39, 0.29) is 16.3 Å². The summed E-state index contributed by atoms with van der Waals surface area (Å²) < 4.78 is 32.5. The van der Waals surface area contributed by atoms with Gasteiger partial charge in [-0.2, -0.15) is 13.9 Å². The molecule has 0 saturated carbocycles. The molecule has 1 aliphatic rings. The van der Waals surface area contributed by atoms with Crippen molar-refractivity contribution in [3.05, 3.63) is 69.3 Å². The summed E-state index contributed by atoms with van der Waals surface area (Å²) in [5.74, 6) is -0.551. The van der Waals surface area contributed by atoms with E-state index in [9.17, 15) is 13.6 Å². The Labute approximate surface area is 182 Å². The maximum absolute atomic E-state index is 12.9. The highest BCUT2D eigenvalue weighted by Crippen LogP contribution is 2.38. The minimum atomic E-state index is -3.04. The van der Waals surface area contributed by atoms with Crippen molar-refractivity contribution in [2.24, 2.45) is 0 Å². The molecule has 8 nitrogen and oxygen atoms in total. The van der Waals surface area contributed by atoms with Crippen LogP contribution in [-0.2, 0) is 0 Å². The average molecular weight is 500 g/mol. The van der Waals surface area contributed by atoms with Gasteiger partial charge in [0.05, 0.1) is 23.0 Å². The number of carbonyl (C=O) groups excluding carboxylic acids is 1. The van der Waals surface area contributed by atoms with E-state index in [1.54, 1.807) is 42.8 Å². The SMILES string of the molecule is CN1C=C(NC(=O)c2cnn3cccnc23)C(c2cc(Br)c(Cl)cc2OC(F)F)N1. The largest absolute Gasteiger partial charge is 0.434 e. The van der Waals surface area contributed by atoms with E-state index in [2.05, 4.69) is 41.5 Å². The molecule has 2 N–H and O–H groups in total. The number of benzene rings is 1. The number of halogens is 4. The van der Waals surface area contributed by atoms with Crippen LogP contribution in [0.3, 0.4) is 0 Å². The molecule has 1 atom stereocenters. The van der Waals surface area contributed by atoms with Crippen molar-refractivity contribution in [3.63, 3.8) is 0 Å². The maximum Gasteiger partial charge on any atom is 0.387 e. The number of nitrogens with one attached hydrogen (secondary N) is 2. The van der Waals surface area contributed by atoms with Crippen molar-refractivity contribution in [1.82, 2.24) is 30.3 Å². The molecule has 12 heteroatoms. The lowest BCUT2D eigenvalue weighted by atomic mass is 10.0. The fraction of sp³-hybridized carbons (Fsp3) is 0.167. The molecule has 3 heterocycles. The van der Waals surface area contributed by atoms with Gasteiger partial charge in [0.15, 0.2) is 5.65 Å². The number of hydrazine groups is 1. The first-order valence-electron chi connectivity index (χ1n) is 8.57. The van der Waals surface area contributed by atoms with Gasteiger partial charge in [-0.25, -0.2) is 14.9 Å². The Morgan fingerprint density at radius 3 is 3.00 bits per heavy atom. The van der Waals surface area contributed by atoms with Crippen LogP contribution in [0.5, 0.6) is 5.75 Å². The smallest absolute Gasteiger partial charge is 0.387 e. The van der Waals surface area contributed by atoms with Crippen LogP contribution in [-0.4, -0.2) is 39.2 Å². The molecule has 1 unspecified atom stereocenters. The van der Waals surface area contributed by atoms with Crippen LogP contribution in [0.4, 0.5) is 8.78 Å². The summed E-state index contributed by atoms with van der Waals surface area (Å²) >= 11 is 9.34. The highest BCUT2D eigenvalue weighted by molar-refractivity contribution is 9.10. The number of hydrogen-bond acceptors (Lipinski definition) is 6. The van der Waals surface area contributed by atoms with E-state index < -0.39 is 18.6 Å². The number of nitrogens with zero attached hydrogens (tertiary/aromatic N) is 4. The Bertz CT molecular complexity index is 1150. The first-order chi connectivity index (χ1) is 14.3. The van der Waals surface area contributed by atoms with Crippen LogP contribution >= 0.6 is 27.5 Å². The Balaban J connectivity index is 1.66. The summed E-state index contributed by atoms with van der Waals surface area (Å²) in [5.41, 5.74) is 4.51. The molecule has 0 fully saturated rings. The lowest BCUT2D eigenvalue weighted by molar-refractivity contribution is -0.0507. The highest BCUT2D eigenvalue weighted by Gasteiger charge is 2.30. The molecule has 30 heavy (non-hydrogen) atoms. The predicted molar refractivity (Wildman–Crippen MR) is 108 cm³/mol. The van der Waals surface area contributed by atoms with Gasteiger partial charge < -0.3 is 15.1 Å². The van der Waals surface area contributed by atoms with Crippen LogP contribution < -0.4 is 15.5 Å². The zero-order valence-electron chi connectivity index (χ0n) is 15.3. The molecule has 1 amide bonds. The van der Waals surface area contributed by atoms with Gasteiger partial charge in [0, 0.05) is 41.7 Å². The molecule has 0 bridgehead atoms. The Hall–Kier alpha value is -2.76. The molecule has 3 aromatic rings. The quantitative estimate of drug-likeness (QED) is 0.559. The maximum atomic E-state index is 12.9. The van der Waals surface area contributed by atoms with Gasteiger partial charge >= 0.3 is 6.61 Å². The van der Waals surface area contributed by atoms with Gasteiger partial charge in [-0.1, -0.05) is 11.6 Å². The number of hydrogen-bond donors (Lipinski definition) is 2. The Morgan fingerprint density at radius 2 is 2.23 bits per heavy atom. The van der Waals surface area contributed by atoms with E-state index in [0.29, 0.717) is 21.4 Å². The molecule has 4 rings (SSSR count). The van der Waals surface area contributed by atoms with Crippen molar-refractivity contribution >= 4 is 39.1 Å². The minimum Gasteiger partial charge on any atom is -0.434 e. The van der Waals surface area contributed by atoms with Crippen molar-refractivity contribution in [2.75, 3.05) is 7.05 Å². The molecule has 2 aromatic heterocycles. The van der Waals surface area contributed by atoms with Crippen LogP contribution in [0.1, 0.15) is 22.0 Å². The highest BCUT2D eigenvalue weighted by atomic mass is 79.9. The fourth-order valence-corrected chi connectivity index (χ4v) is 3.60. The number of fused-ring (bicyclic) bond motifs is 1. The van der Waals surface area contributed by atoms with Crippen molar-refractivity contribution in [2.45, 2.75) is 12.7 Å². The number of rotatable bonds is 5. The molecule has 0 spiro atoms. The molecule has 1 aromatic carbocycles. The molecular weight excluding hydrogens is 486 g/mol. The van der Waals surface area contributed by atoms with Crippen molar-refractivity contribution < 1.29 is 18.3 Å². The minimum absolute atomic E-state index is 0.108. The third kappa shape index (κ3) is 3.95. The molecule has 0 radical (unpaired) electrons. The van der Waals surface area contributed by atoms with Crippen molar-refractivity contribution in [3.8, 4) is 5.75 Å². The predicted octanol–water partition coefficient (Wildman–Crippen LogP) is 3.51. The molecule has 156 valence electrons. The normalized spacial score (nSPS) is 16.3. The third-order valence-corrected chi connectivity index (χ3v) is 5.54. The topological polar surface area (TPSA) is 83.8 Å². The zero-order chi connectivity index (χ0) is 21.4. The Kier molecular flexibility index (Phi) is 5.58. The third-order valence-electron chi connectivity index (χ3n) is 4.34. The summed E-state index contributed by atoms with van der Waals surface area (Å²) in [4.78, 5) is 17.0. The van der Waals surface area contributed by atoms with Gasteiger partial charge in [0.1, 0.15) is 11.3 Å². The monoisotopic (exact) mass is 498 g/mol. The lowest BCUT2D eigenvalue weighted by Crippen LogP contribution is -2.32. The Morgan fingerprint density at radius 1 is 1.43 bits per heavy atom.